The average Bonchev–Trinajstić information content (AvgIpc) is 2.46. The van der Waals surface area contributed by atoms with E-state index in [0.717, 1.165) is 0 Å². The Balaban J connectivity index is 2.44. The topological polar surface area (TPSA) is 70.4 Å². The largest absolute Gasteiger partial charge is 0.497 e. The van der Waals surface area contributed by atoms with Crippen LogP contribution in [0.4, 0.5) is 11.4 Å². The molecule has 2 aromatic rings. The van der Waals surface area contributed by atoms with E-state index >= 15 is 0 Å². The lowest BCUT2D eigenvalue weighted by atomic mass is 10.2. The van der Waals surface area contributed by atoms with Crippen LogP contribution in [0.25, 0.3) is 0 Å². The van der Waals surface area contributed by atoms with Crippen LogP contribution in [0.1, 0.15) is 0 Å². The van der Waals surface area contributed by atoms with Gasteiger partial charge < -0.3 is 9.64 Å². The van der Waals surface area contributed by atoms with E-state index in [1.54, 1.807) is 24.3 Å². The van der Waals surface area contributed by atoms with Crippen molar-refractivity contribution >= 4 is 23.0 Å². The number of methoxy groups -OCH3 is 1. The molecule has 2 rings (SSSR count). The number of ether oxygens (including phenoxy) is 1. The fourth-order valence-corrected chi connectivity index (χ4v) is 2.00. The summed E-state index contributed by atoms with van der Waals surface area (Å²) in [6.07, 6.45) is 0. The maximum absolute atomic E-state index is 11.5. The highest BCUT2D eigenvalue weighted by molar-refractivity contribution is 6.34. The van der Waals surface area contributed by atoms with Crippen LogP contribution in [-0.4, -0.2) is 13.7 Å². The molecule has 2 aromatic carbocycles. The Morgan fingerprint density at radius 1 is 1.26 bits per heavy atom. The third kappa shape index (κ3) is 2.18. The second-order valence-electron chi connectivity index (χ2n) is 3.76. The zero-order valence-electron chi connectivity index (χ0n) is 10.0. The maximum Gasteiger partial charge on any atom is 0.252 e. The SMILES string of the molecule is COc1ccc(N(CC#N)c2c(Cl)c(=O)c2=O)cc1. The quantitative estimate of drug-likeness (QED) is 0.627. The average molecular weight is 277 g/mol. The first-order chi connectivity index (χ1) is 9.10. The number of hydrogen-bond donors (Lipinski definition) is 0. The highest BCUT2D eigenvalue weighted by Gasteiger charge is 2.25. The van der Waals surface area contributed by atoms with E-state index in [0.29, 0.717) is 11.4 Å². The van der Waals surface area contributed by atoms with Crippen LogP contribution in [0.3, 0.4) is 0 Å². The molecule has 0 atom stereocenters. The maximum atomic E-state index is 11.5. The van der Waals surface area contributed by atoms with Gasteiger partial charge in [-0.2, -0.15) is 5.26 Å². The molecular formula is C13H9ClN2O3. The number of nitriles is 1. The van der Waals surface area contributed by atoms with Crippen molar-refractivity contribution in [3.63, 3.8) is 0 Å². The molecule has 0 spiro atoms. The van der Waals surface area contributed by atoms with Gasteiger partial charge in [0.2, 0.25) is 5.43 Å². The Kier molecular flexibility index (Phi) is 3.54. The second kappa shape index (κ2) is 5.12. The third-order valence-electron chi connectivity index (χ3n) is 2.71. The standard InChI is InChI=1S/C13H9ClN2O3/c1-19-9-4-2-8(3-5-9)16(7-6-15)11-10(14)12(17)13(11)18/h2-5H,7H2,1H3. The lowest BCUT2D eigenvalue weighted by Crippen LogP contribution is -2.39. The molecule has 0 fully saturated rings. The van der Waals surface area contributed by atoms with E-state index in [2.05, 4.69) is 0 Å². The molecule has 0 heterocycles. The fourth-order valence-electron chi connectivity index (χ4n) is 1.73. The molecule has 96 valence electrons. The van der Waals surface area contributed by atoms with Crippen molar-refractivity contribution < 1.29 is 4.74 Å². The van der Waals surface area contributed by atoms with Crippen LogP contribution in [0.15, 0.2) is 33.9 Å². The second-order valence-corrected chi connectivity index (χ2v) is 4.14. The van der Waals surface area contributed by atoms with Crippen LogP contribution < -0.4 is 20.5 Å². The van der Waals surface area contributed by atoms with Gasteiger partial charge in [0.15, 0.2) is 0 Å². The third-order valence-corrected chi connectivity index (χ3v) is 3.06. The van der Waals surface area contributed by atoms with Crippen LogP contribution in [-0.2, 0) is 0 Å². The molecule has 0 bridgehead atoms. The van der Waals surface area contributed by atoms with Crippen LogP contribution >= 0.6 is 11.6 Å². The van der Waals surface area contributed by atoms with Crippen LogP contribution in [0.5, 0.6) is 5.75 Å². The van der Waals surface area contributed by atoms with Crippen molar-refractivity contribution in [3.05, 3.63) is 49.7 Å². The number of benzene rings is 1. The van der Waals surface area contributed by atoms with Gasteiger partial charge in [0, 0.05) is 5.69 Å². The van der Waals surface area contributed by atoms with Crippen molar-refractivity contribution in [2.45, 2.75) is 0 Å². The normalized spacial score (nSPS) is 10.2. The smallest absolute Gasteiger partial charge is 0.252 e. The van der Waals surface area contributed by atoms with E-state index in [1.807, 2.05) is 6.07 Å². The molecule has 0 unspecified atom stereocenters. The summed E-state index contributed by atoms with van der Waals surface area (Å²) >= 11 is 5.73. The van der Waals surface area contributed by atoms with Gasteiger partial charge in [0.05, 0.1) is 13.2 Å². The lowest BCUT2D eigenvalue weighted by molar-refractivity contribution is 0.415. The molecule has 0 aliphatic carbocycles. The van der Waals surface area contributed by atoms with Gasteiger partial charge in [-0.05, 0) is 24.3 Å². The Morgan fingerprint density at radius 3 is 2.37 bits per heavy atom. The summed E-state index contributed by atoms with van der Waals surface area (Å²) in [4.78, 5) is 24.1. The zero-order valence-corrected chi connectivity index (χ0v) is 10.8. The summed E-state index contributed by atoms with van der Waals surface area (Å²) in [5, 5.41) is 8.70. The zero-order chi connectivity index (χ0) is 14.0. The molecule has 0 aliphatic heterocycles. The van der Waals surface area contributed by atoms with Crippen LogP contribution in [0, 0.1) is 11.3 Å². The number of nitrogens with zero attached hydrogens (tertiary/aromatic N) is 2. The number of anilines is 2. The van der Waals surface area contributed by atoms with Gasteiger partial charge in [-0.1, -0.05) is 11.6 Å². The molecule has 0 aromatic heterocycles. The van der Waals surface area contributed by atoms with Crippen molar-refractivity contribution in [1.29, 1.82) is 5.26 Å². The van der Waals surface area contributed by atoms with Crippen molar-refractivity contribution in [2.24, 2.45) is 0 Å². The van der Waals surface area contributed by atoms with E-state index in [9.17, 15) is 9.59 Å². The Labute approximate surface area is 113 Å². The summed E-state index contributed by atoms with van der Waals surface area (Å²) in [6.45, 7) is -0.0725. The summed E-state index contributed by atoms with van der Waals surface area (Å²) in [7, 11) is 1.54. The molecule has 0 N–H and O–H groups in total. The van der Waals surface area contributed by atoms with E-state index in [1.165, 1.54) is 12.0 Å². The number of hydrogen-bond acceptors (Lipinski definition) is 5. The van der Waals surface area contributed by atoms with E-state index in [-0.39, 0.29) is 17.3 Å². The van der Waals surface area contributed by atoms with E-state index in [4.69, 9.17) is 21.6 Å². The van der Waals surface area contributed by atoms with Crippen molar-refractivity contribution in [3.8, 4) is 11.8 Å². The van der Waals surface area contributed by atoms with Gasteiger partial charge in [0.1, 0.15) is 23.0 Å². The molecule has 0 saturated carbocycles. The molecule has 0 amide bonds. The highest BCUT2D eigenvalue weighted by Crippen LogP contribution is 2.29. The summed E-state index contributed by atoms with van der Waals surface area (Å²) in [5.41, 5.74) is -0.723. The minimum atomic E-state index is -0.715. The Hall–Kier alpha value is -2.32. The first kappa shape index (κ1) is 13.1. The first-order valence-corrected chi connectivity index (χ1v) is 5.75. The summed E-state index contributed by atoms with van der Waals surface area (Å²) in [5.74, 6) is 0.650. The van der Waals surface area contributed by atoms with Crippen LogP contribution in [0.2, 0.25) is 5.02 Å². The molecular weight excluding hydrogens is 268 g/mol. The molecule has 6 heteroatoms. The van der Waals surface area contributed by atoms with Crippen molar-refractivity contribution in [2.75, 3.05) is 18.6 Å². The van der Waals surface area contributed by atoms with Gasteiger partial charge in [0.25, 0.3) is 5.43 Å². The molecule has 5 nitrogen and oxygen atoms in total. The van der Waals surface area contributed by atoms with Gasteiger partial charge in [-0.3, -0.25) is 9.59 Å². The van der Waals surface area contributed by atoms with Gasteiger partial charge in [-0.25, -0.2) is 0 Å². The monoisotopic (exact) mass is 276 g/mol. The molecule has 19 heavy (non-hydrogen) atoms. The van der Waals surface area contributed by atoms with Gasteiger partial charge >= 0.3 is 0 Å². The van der Waals surface area contributed by atoms with E-state index < -0.39 is 10.9 Å². The number of halogens is 1. The fraction of sp³-hybridized carbons (Fsp3) is 0.154. The minimum Gasteiger partial charge on any atom is -0.497 e. The van der Waals surface area contributed by atoms with Crippen molar-refractivity contribution in [1.82, 2.24) is 0 Å². The Morgan fingerprint density at radius 2 is 1.89 bits per heavy atom. The molecule has 0 aliphatic rings. The predicted molar refractivity (Wildman–Crippen MR) is 72.0 cm³/mol. The first-order valence-electron chi connectivity index (χ1n) is 5.37. The Bertz CT molecular complexity index is 709. The predicted octanol–water partition coefficient (Wildman–Crippen LogP) is 1.61. The van der Waals surface area contributed by atoms with Gasteiger partial charge in [-0.15, -0.1) is 0 Å². The lowest BCUT2D eigenvalue weighted by Gasteiger charge is -2.23. The molecule has 0 saturated heterocycles. The highest BCUT2D eigenvalue weighted by atomic mass is 35.5. The summed E-state index contributed by atoms with van der Waals surface area (Å²) in [6, 6.07) is 8.69. The molecule has 0 radical (unpaired) electrons. The number of rotatable bonds is 4. The summed E-state index contributed by atoms with van der Waals surface area (Å²) < 4.78 is 5.03. The minimum absolute atomic E-state index is 0.0679.